The number of aromatic nitrogens is 2. The summed E-state index contributed by atoms with van der Waals surface area (Å²) in [7, 11) is 0. The average molecular weight is 439 g/mol. The van der Waals surface area contributed by atoms with Crippen molar-refractivity contribution in [3.8, 4) is 11.4 Å². The van der Waals surface area contributed by atoms with Crippen molar-refractivity contribution in [3.63, 3.8) is 0 Å². The molecule has 1 aliphatic rings. The van der Waals surface area contributed by atoms with Crippen LogP contribution in [0.1, 0.15) is 41.9 Å². The Labute approximate surface area is 185 Å². The van der Waals surface area contributed by atoms with E-state index in [2.05, 4.69) is 15.5 Å². The van der Waals surface area contributed by atoms with Gasteiger partial charge in [-0.3, -0.25) is 9.59 Å². The zero-order chi connectivity index (χ0) is 21.8. The van der Waals surface area contributed by atoms with Crippen LogP contribution in [0.25, 0.3) is 11.4 Å². The molecule has 0 unspecified atom stereocenters. The standard InChI is InChI=1S/C23H23ClN4O3/c1-15(25-21(29)17-5-3-2-4-6-17)23(30)28-13-11-18(12-14-28)22-26-20(27-31-22)16-7-9-19(24)10-8-16/h2-10,15,18H,11-14H2,1H3,(H,25,29)/t15-/m1/s1. The molecule has 8 heteroatoms. The van der Waals surface area contributed by atoms with Crippen LogP contribution in [-0.2, 0) is 4.79 Å². The van der Waals surface area contributed by atoms with E-state index in [0.717, 1.165) is 18.4 Å². The summed E-state index contributed by atoms with van der Waals surface area (Å²) in [6, 6.07) is 15.6. The lowest BCUT2D eigenvalue weighted by Gasteiger charge is -2.32. The van der Waals surface area contributed by atoms with Crippen LogP contribution in [0.4, 0.5) is 0 Å². The second-order valence-electron chi connectivity index (χ2n) is 7.62. The van der Waals surface area contributed by atoms with Crippen LogP contribution in [0.3, 0.4) is 0 Å². The van der Waals surface area contributed by atoms with Gasteiger partial charge in [0.25, 0.3) is 5.91 Å². The predicted molar refractivity (Wildman–Crippen MR) is 117 cm³/mol. The van der Waals surface area contributed by atoms with Gasteiger partial charge in [0.15, 0.2) is 0 Å². The summed E-state index contributed by atoms with van der Waals surface area (Å²) < 4.78 is 5.48. The van der Waals surface area contributed by atoms with E-state index in [1.807, 2.05) is 18.2 Å². The monoisotopic (exact) mass is 438 g/mol. The molecule has 4 rings (SSSR count). The molecular formula is C23H23ClN4O3. The maximum Gasteiger partial charge on any atom is 0.251 e. The molecule has 1 aliphatic heterocycles. The van der Waals surface area contributed by atoms with Gasteiger partial charge in [-0.1, -0.05) is 35.0 Å². The first-order chi connectivity index (χ1) is 15.0. The lowest BCUT2D eigenvalue weighted by atomic mass is 9.96. The third kappa shape index (κ3) is 4.94. The van der Waals surface area contributed by atoms with Crippen LogP contribution in [0.5, 0.6) is 0 Å². The van der Waals surface area contributed by atoms with Crippen LogP contribution in [-0.4, -0.2) is 46.0 Å². The average Bonchev–Trinajstić information content (AvgIpc) is 3.30. The summed E-state index contributed by atoms with van der Waals surface area (Å²) in [4.78, 5) is 31.4. The number of amides is 2. The maximum absolute atomic E-state index is 12.8. The smallest absolute Gasteiger partial charge is 0.251 e. The Morgan fingerprint density at radius 2 is 1.77 bits per heavy atom. The summed E-state index contributed by atoms with van der Waals surface area (Å²) in [6.07, 6.45) is 1.46. The van der Waals surface area contributed by atoms with Crippen LogP contribution >= 0.6 is 11.6 Å². The highest BCUT2D eigenvalue weighted by molar-refractivity contribution is 6.30. The Kier molecular flexibility index (Phi) is 6.32. The molecule has 31 heavy (non-hydrogen) atoms. The van der Waals surface area contributed by atoms with Crippen molar-refractivity contribution in [2.45, 2.75) is 31.7 Å². The van der Waals surface area contributed by atoms with Crippen LogP contribution in [0.15, 0.2) is 59.1 Å². The molecule has 0 aliphatic carbocycles. The third-order valence-corrected chi connectivity index (χ3v) is 5.71. The van der Waals surface area contributed by atoms with Gasteiger partial charge in [0.05, 0.1) is 0 Å². The van der Waals surface area contributed by atoms with Crippen molar-refractivity contribution in [1.82, 2.24) is 20.4 Å². The van der Waals surface area contributed by atoms with Crippen LogP contribution in [0.2, 0.25) is 5.02 Å². The fourth-order valence-electron chi connectivity index (χ4n) is 3.67. The second kappa shape index (κ2) is 9.31. The summed E-state index contributed by atoms with van der Waals surface area (Å²) in [5, 5.41) is 7.51. The number of carbonyl (C=O) groups is 2. The van der Waals surface area contributed by atoms with E-state index in [1.165, 1.54) is 0 Å². The lowest BCUT2D eigenvalue weighted by Crippen LogP contribution is -2.49. The quantitative estimate of drug-likeness (QED) is 0.652. The van der Waals surface area contributed by atoms with Crippen molar-refractivity contribution in [2.24, 2.45) is 0 Å². The molecule has 0 bridgehead atoms. The van der Waals surface area contributed by atoms with E-state index in [-0.39, 0.29) is 17.7 Å². The number of likely N-dealkylation sites (tertiary alicyclic amines) is 1. The number of nitrogens with zero attached hydrogens (tertiary/aromatic N) is 3. The van der Waals surface area contributed by atoms with Gasteiger partial charge in [-0.05, 0) is 56.2 Å². The Hall–Kier alpha value is -3.19. The number of hydrogen-bond acceptors (Lipinski definition) is 5. The van der Waals surface area contributed by atoms with E-state index in [0.29, 0.717) is 35.4 Å². The van der Waals surface area contributed by atoms with Crippen molar-refractivity contribution in [2.75, 3.05) is 13.1 Å². The molecule has 1 saturated heterocycles. The number of carbonyl (C=O) groups excluding carboxylic acids is 2. The molecule has 1 atom stereocenters. The van der Waals surface area contributed by atoms with E-state index in [1.54, 1.807) is 48.2 Å². The highest BCUT2D eigenvalue weighted by Gasteiger charge is 2.30. The minimum absolute atomic E-state index is 0.0879. The number of piperidine rings is 1. The van der Waals surface area contributed by atoms with Gasteiger partial charge in [0, 0.05) is 35.2 Å². The molecule has 0 radical (unpaired) electrons. The Balaban J connectivity index is 1.31. The van der Waals surface area contributed by atoms with E-state index in [4.69, 9.17) is 16.1 Å². The number of benzene rings is 2. The van der Waals surface area contributed by atoms with Gasteiger partial charge in [-0.25, -0.2) is 0 Å². The molecule has 2 amide bonds. The first kappa shape index (κ1) is 21.1. The lowest BCUT2D eigenvalue weighted by molar-refractivity contribution is -0.134. The van der Waals surface area contributed by atoms with Gasteiger partial charge in [0.1, 0.15) is 6.04 Å². The topological polar surface area (TPSA) is 88.3 Å². The SMILES string of the molecule is C[C@@H](NC(=O)c1ccccc1)C(=O)N1CCC(c2nc(-c3ccc(Cl)cc3)no2)CC1. The maximum atomic E-state index is 12.8. The molecule has 2 aromatic carbocycles. The summed E-state index contributed by atoms with van der Waals surface area (Å²) in [6.45, 7) is 2.87. The van der Waals surface area contributed by atoms with Gasteiger partial charge in [0.2, 0.25) is 17.6 Å². The molecular weight excluding hydrogens is 416 g/mol. The predicted octanol–water partition coefficient (Wildman–Crippen LogP) is 3.91. The molecule has 1 N–H and O–H groups in total. The number of halogens is 1. The van der Waals surface area contributed by atoms with Crippen molar-refractivity contribution in [3.05, 3.63) is 71.1 Å². The minimum Gasteiger partial charge on any atom is -0.341 e. The highest BCUT2D eigenvalue weighted by Crippen LogP contribution is 2.29. The molecule has 1 aromatic heterocycles. The Morgan fingerprint density at radius 3 is 2.45 bits per heavy atom. The molecule has 0 spiro atoms. The summed E-state index contributed by atoms with van der Waals surface area (Å²) in [5.74, 6) is 0.878. The normalized spacial score (nSPS) is 15.5. The third-order valence-electron chi connectivity index (χ3n) is 5.45. The second-order valence-corrected chi connectivity index (χ2v) is 8.06. The minimum atomic E-state index is -0.593. The zero-order valence-corrected chi connectivity index (χ0v) is 17.9. The van der Waals surface area contributed by atoms with Crippen molar-refractivity contribution in [1.29, 1.82) is 0 Å². The molecule has 2 heterocycles. The Bertz CT molecular complexity index is 1040. The molecule has 160 valence electrons. The fraction of sp³-hybridized carbons (Fsp3) is 0.304. The number of hydrogen-bond donors (Lipinski definition) is 1. The zero-order valence-electron chi connectivity index (χ0n) is 17.1. The van der Waals surface area contributed by atoms with E-state index < -0.39 is 6.04 Å². The van der Waals surface area contributed by atoms with E-state index >= 15 is 0 Å². The van der Waals surface area contributed by atoms with Gasteiger partial charge < -0.3 is 14.7 Å². The number of nitrogens with one attached hydrogen (secondary N) is 1. The van der Waals surface area contributed by atoms with E-state index in [9.17, 15) is 9.59 Å². The van der Waals surface area contributed by atoms with Crippen molar-refractivity contribution >= 4 is 23.4 Å². The fourth-order valence-corrected chi connectivity index (χ4v) is 3.80. The molecule has 3 aromatic rings. The van der Waals surface area contributed by atoms with Crippen LogP contribution < -0.4 is 5.32 Å². The van der Waals surface area contributed by atoms with Crippen molar-refractivity contribution < 1.29 is 14.1 Å². The number of rotatable bonds is 5. The highest BCUT2D eigenvalue weighted by atomic mass is 35.5. The van der Waals surface area contributed by atoms with Gasteiger partial charge in [-0.2, -0.15) is 4.98 Å². The first-order valence-electron chi connectivity index (χ1n) is 10.3. The molecule has 0 saturated carbocycles. The Morgan fingerprint density at radius 1 is 1.10 bits per heavy atom. The van der Waals surface area contributed by atoms with Gasteiger partial charge >= 0.3 is 0 Å². The van der Waals surface area contributed by atoms with Gasteiger partial charge in [-0.15, -0.1) is 0 Å². The largest absolute Gasteiger partial charge is 0.341 e. The molecule has 7 nitrogen and oxygen atoms in total. The first-order valence-corrected chi connectivity index (χ1v) is 10.6. The van der Waals surface area contributed by atoms with Crippen LogP contribution in [0, 0.1) is 0 Å². The summed E-state index contributed by atoms with van der Waals surface area (Å²) in [5.41, 5.74) is 1.38. The summed E-state index contributed by atoms with van der Waals surface area (Å²) >= 11 is 5.93. The molecule has 1 fully saturated rings.